The van der Waals surface area contributed by atoms with Crippen LogP contribution in [-0.2, 0) is 16.6 Å². The lowest BCUT2D eigenvalue weighted by Gasteiger charge is -2.16. The predicted molar refractivity (Wildman–Crippen MR) is 116 cm³/mol. The number of hydrogen-bond acceptors (Lipinski definition) is 4. The third-order valence-corrected chi connectivity index (χ3v) is 5.61. The minimum Gasteiger partial charge on any atom is -0.331 e. The maximum atomic E-state index is 12.4. The fourth-order valence-corrected chi connectivity index (χ4v) is 3.66. The number of sulfonamides is 1. The van der Waals surface area contributed by atoms with E-state index in [1.54, 1.807) is 12.1 Å². The van der Waals surface area contributed by atoms with Crippen molar-refractivity contribution < 1.29 is 13.2 Å². The third-order valence-electron chi connectivity index (χ3n) is 4.68. The summed E-state index contributed by atoms with van der Waals surface area (Å²) in [6.07, 6.45) is 0. The minimum absolute atomic E-state index is 0.0299. The van der Waals surface area contributed by atoms with Gasteiger partial charge in [-0.05, 0) is 62.2 Å². The van der Waals surface area contributed by atoms with E-state index in [4.69, 9.17) is 5.14 Å². The molecule has 0 saturated carbocycles. The summed E-state index contributed by atoms with van der Waals surface area (Å²) in [5.41, 5.74) is 4.49. The molecule has 4 N–H and O–H groups in total. The van der Waals surface area contributed by atoms with Crippen molar-refractivity contribution in [3.63, 3.8) is 0 Å². The average Bonchev–Trinajstić information content (AvgIpc) is 2.98. The van der Waals surface area contributed by atoms with Crippen LogP contribution in [0.15, 0.2) is 59.5 Å². The molecule has 158 valence electrons. The number of benzene rings is 2. The summed E-state index contributed by atoms with van der Waals surface area (Å²) in [4.78, 5) is 12.4. The van der Waals surface area contributed by atoms with Crippen LogP contribution in [0.3, 0.4) is 0 Å². The Labute approximate surface area is 176 Å². The molecule has 0 fully saturated rings. The van der Waals surface area contributed by atoms with E-state index in [0.717, 1.165) is 22.5 Å². The van der Waals surface area contributed by atoms with Crippen LogP contribution in [0.4, 0.5) is 10.5 Å². The molecule has 0 aliphatic rings. The molecule has 2 aromatic carbocycles. The van der Waals surface area contributed by atoms with E-state index in [2.05, 4.69) is 15.7 Å². The van der Waals surface area contributed by atoms with Crippen molar-refractivity contribution in [3.05, 3.63) is 77.1 Å². The van der Waals surface area contributed by atoms with Gasteiger partial charge in [-0.15, -0.1) is 0 Å². The lowest BCUT2D eigenvalue weighted by molar-refractivity contribution is 0.249. The highest BCUT2D eigenvalue weighted by molar-refractivity contribution is 7.89. The second-order valence-electron chi connectivity index (χ2n) is 7.22. The standard InChI is InChI=1S/C21H25N5O3S/c1-14-11-15(2)26(25-14)13-17-5-4-6-19(12-17)24-21(27)23-16(3)18-7-9-20(10-8-18)30(22,28)29/h4-12,16H,13H2,1-3H3,(H2,22,28,29)(H2,23,24,27). The first-order valence-electron chi connectivity index (χ1n) is 9.42. The number of rotatable bonds is 6. The van der Waals surface area contributed by atoms with Crippen molar-refractivity contribution in [2.24, 2.45) is 5.14 Å². The van der Waals surface area contributed by atoms with Gasteiger partial charge in [0.2, 0.25) is 10.0 Å². The fourth-order valence-electron chi connectivity index (χ4n) is 3.15. The number of nitrogens with one attached hydrogen (secondary N) is 2. The van der Waals surface area contributed by atoms with Crippen LogP contribution in [0.2, 0.25) is 0 Å². The first kappa shape index (κ1) is 21.5. The number of amides is 2. The molecule has 1 aromatic heterocycles. The molecule has 0 aliphatic heterocycles. The number of nitrogens with two attached hydrogens (primary N) is 1. The van der Waals surface area contributed by atoms with Crippen LogP contribution in [0, 0.1) is 13.8 Å². The van der Waals surface area contributed by atoms with Gasteiger partial charge in [0, 0.05) is 11.4 Å². The number of urea groups is 1. The second-order valence-corrected chi connectivity index (χ2v) is 8.78. The number of carbonyl (C=O) groups is 1. The van der Waals surface area contributed by atoms with E-state index in [1.165, 1.54) is 12.1 Å². The summed E-state index contributed by atoms with van der Waals surface area (Å²) < 4.78 is 24.6. The Hall–Kier alpha value is -3.17. The van der Waals surface area contributed by atoms with Crippen molar-refractivity contribution in [2.45, 2.75) is 38.3 Å². The second kappa shape index (κ2) is 8.68. The molecule has 30 heavy (non-hydrogen) atoms. The summed E-state index contributed by atoms with van der Waals surface area (Å²) in [7, 11) is -3.74. The van der Waals surface area contributed by atoms with E-state index in [9.17, 15) is 13.2 Å². The smallest absolute Gasteiger partial charge is 0.319 e. The van der Waals surface area contributed by atoms with Crippen LogP contribution in [0.1, 0.15) is 35.5 Å². The maximum Gasteiger partial charge on any atom is 0.319 e. The fraction of sp³-hybridized carbons (Fsp3) is 0.238. The zero-order valence-corrected chi connectivity index (χ0v) is 17.9. The van der Waals surface area contributed by atoms with E-state index in [0.29, 0.717) is 12.2 Å². The molecule has 0 radical (unpaired) electrons. The minimum atomic E-state index is -3.74. The Bertz CT molecular complexity index is 1150. The number of primary sulfonamides is 1. The number of nitrogens with zero attached hydrogens (tertiary/aromatic N) is 2. The van der Waals surface area contributed by atoms with Gasteiger partial charge in [-0.3, -0.25) is 4.68 Å². The van der Waals surface area contributed by atoms with Gasteiger partial charge < -0.3 is 10.6 Å². The summed E-state index contributed by atoms with van der Waals surface area (Å²) in [6.45, 7) is 6.39. The molecule has 0 saturated heterocycles. The molecule has 1 atom stereocenters. The summed E-state index contributed by atoms with van der Waals surface area (Å²) in [6, 6.07) is 15.0. The Kier molecular flexibility index (Phi) is 6.23. The Balaban J connectivity index is 1.62. The van der Waals surface area contributed by atoms with Crippen molar-refractivity contribution in [1.82, 2.24) is 15.1 Å². The lowest BCUT2D eigenvalue weighted by Crippen LogP contribution is -2.31. The Morgan fingerprint density at radius 2 is 1.83 bits per heavy atom. The van der Waals surface area contributed by atoms with Gasteiger partial charge in [0.1, 0.15) is 0 Å². The predicted octanol–water partition coefficient (Wildman–Crippen LogP) is 3.08. The first-order valence-corrected chi connectivity index (χ1v) is 11.0. The molecular weight excluding hydrogens is 402 g/mol. The normalized spacial score (nSPS) is 12.4. The van der Waals surface area contributed by atoms with Crippen molar-refractivity contribution >= 4 is 21.7 Å². The Morgan fingerprint density at radius 3 is 2.43 bits per heavy atom. The molecular formula is C21H25N5O3S. The van der Waals surface area contributed by atoms with E-state index in [-0.39, 0.29) is 17.0 Å². The summed E-state index contributed by atoms with van der Waals surface area (Å²) >= 11 is 0. The number of aromatic nitrogens is 2. The van der Waals surface area contributed by atoms with E-state index in [1.807, 2.05) is 55.8 Å². The zero-order chi connectivity index (χ0) is 21.9. The van der Waals surface area contributed by atoms with Gasteiger partial charge >= 0.3 is 6.03 Å². The molecule has 3 aromatic rings. The number of aryl methyl sites for hydroxylation is 2. The van der Waals surface area contributed by atoms with Crippen molar-refractivity contribution in [1.29, 1.82) is 0 Å². The molecule has 0 spiro atoms. The van der Waals surface area contributed by atoms with Gasteiger partial charge in [0.25, 0.3) is 0 Å². The lowest BCUT2D eigenvalue weighted by atomic mass is 10.1. The zero-order valence-electron chi connectivity index (χ0n) is 17.1. The van der Waals surface area contributed by atoms with Gasteiger partial charge in [-0.2, -0.15) is 5.10 Å². The van der Waals surface area contributed by atoms with Crippen LogP contribution in [0.25, 0.3) is 0 Å². The molecule has 8 nitrogen and oxygen atoms in total. The van der Waals surface area contributed by atoms with Crippen LogP contribution in [0.5, 0.6) is 0 Å². The topological polar surface area (TPSA) is 119 Å². The molecule has 3 rings (SSSR count). The highest BCUT2D eigenvalue weighted by atomic mass is 32.2. The maximum absolute atomic E-state index is 12.4. The average molecular weight is 428 g/mol. The van der Waals surface area contributed by atoms with Crippen LogP contribution < -0.4 is 15.8 Å². The Morgan fingerprint density at radius 1 is 1.13 bits per heavy atom. The summed E-state index contributed by atoms with van der Waals surface area (Å²) in [5.74, 6) is 0. The monoisotopic (exact) mass is 427 g/mol. The van der Waals surface area contributed by atoms with E-state index >= 15 is 0 Å². The number of anilines is 1. The third kappa shape index (κ3) is 5.46. The number of hydrogen-bond donors (Lipinski definition) is 3. The van der Waals surface area contributed by atoms with Crippen LogP contribution in [-0.4, -0.2) is 24.2 Å². The largest absolute Gasteiger partial charge is 0.331 e. The van der Waals surface area contributed by atoms with Gasteiger partial charge in [0.15, 0.2) is 0 Å². The number of carbonyl (C=O) groups excluding carboxylic acids is 1. The summed E-state index contributed by atoms with van der Waals surface area (Å²) in [5, 5.41) is 15.2. The van der Waals surface area contributed by atoms with Crippen LogP contribution >= 0.6 is 0 Å². The van der Waals surface area contributed by atoms with Gasteiger partial charge in [-0.1, -0.05) is 24.3 Å². The molecule has 2 amide bonds. The quantitative estimate of drug-likeness (QED) is 0.560. The molecule has 9 heteroatoms. The molecule has 1 heterocycles. The first-order chi connectivity index (χ1) is 14.1. The molecule has 0 bridgehead atoms. The highest BCUT2D eigenvalue weighted by Crippen LogP contribution is 2.17. The van der Waals surface area contributed by atoms with Gasteiger partial charge in [0.05, 0.1) is 23.2 Å². The molecule has 0 aliphatic carbocycles. The van der Waals surface area contributed by atoms with Crippen molar-refractivity contribution in [3.8, 4) is 0 Å². The van der Waals surface area contributed by atoms with E-state index < -0.39 is 10.0 Å². The molecule has 1 unspecified atom stereocenters. The highest BCUT2D eigenvalue weighted by Gasteiger charge is 2.12. The van der Waals surface area contributed by atoms with Crippen molar-refractivity contribution in [2.75, 3.05) is 5.32 Å². The van der Waals surface area contributed by atoms with Gasteiger partial charge in [-0.25, -0.2) is 18.4 Å². The SMILES string of the molecule is Cc1cc(C)n(Cc2cccc(NC(=O)NC(C)c3ccc(S(N)(=O)=O)cc3)c2)n1.